The quantitative estimate of drug-likeness (QED) is 0.732. The van der Waals surface area contributed by atoms with E-state index in [2.05, 4.69) is 15.6 Å². The average molecular weight is 224 g/mol. The number of nitrogens with one attached hydrogen (secondary N) is 1. The highest BCUT2D eigenvalue weighted by molar-refractivity contribution is 5.92. The van der Waals surface area contributed by atoms with E-state index < -0.39 is 6.10 Å². The van der Waals surface area contributed by atoms with E-state index in [1.165, 1.54) is 4.68 Å². The van der Waals surface area contributed by atoms with Crippen LogP contribution in [0.25, 0.3) is 0 Å². The number of amides is 1. The van der Waals surface area contributed by atoms with E-state index in [0.717, 1.165) is 25.7 Å². The maximum atomic E-state index is 11.7. The van der Waals surface area contributed by atoms with Crippen LogP contribution < -0.4 is 5.32 Å². The SMILES string of the molecule is Cn1cc(C(=O)NC2CCCCC2O)nn1. The molecular formula is C10H16N4O2. The van der Waals surface area contributed by atoms with Gasteiger partial charge in [-0.1, -0.05) is 18.1 Å². The Morgan fingerprint density at radius 2 is 2.31 bits per heavy atom. The Hall–Kier alpha value is -1.43. The van der Waals surface area contributed by atoms with Crippen molar-refractivity contribution in [3.8, 4) is 0 Å². The lowest BCUT2D eigenvalue weighted by atomic mass is 9.92. The van der Waals surface area contributed by atoms with Gasteiger partial charge in [-0.25, -0.2) is 0 Å². The van der Waals surface area contributed by atoms with E-state index in [0.29, 0.717) is 5.69 Å². The first-order chi connectivity index (χ1) is 7.66. The van der Waals surface area contributed by atoms with Crippen LogP contribution in [0.4, 0.5) is 0 Å². The van der Waals surface area contributed by atoms with Crippen LogP contribution >= 0.6 is 0 Å². The van der Waals surface area contributed by atoms with Gasteiger partial charge in [-0.05, 0) is 12.8 Å². The first-order valence-electron chi connectivity index (χ1n) is 5.52. The van der Waals surface area contributed by atoms with E-state index in [1.54, 1.807) is 13.2 Å². The van der Waals surface area contributed by atoms with Crippen LogP contribution in [0, 0.1) is 0 Å². The van der Waals surface area contributed by atoms with Gasteiger partial charge in [0.25, 0.3) is 5.91 Å². The molecule has 0 aromatic carbocycles. The van der Waals surface area contributed by atoms with Crippen LogP contribution in [0.5, 0.6) is 0 Å². The second kappa shape index (κ2) is 4.61. The second-order valence-electron chi connectivity index (χ2n) is 4.21. The molecule has 2 atom stereocenters. The number of carbonyl (C=O) groups is 1. The molecule has 0 spiro atoms. The molecule has 0 bridgehead atoms. The Morgan fingerprint density at radius 3 is 2.94 bits per heavy atom. The van der Waals surface area contributed by atoms with Gasteiger partial charge in [-0.15, -0.1) is 5.10 Å². The topological polar surface area (TPSA) is 80.0 Å². The van der Waals surface area contributed by atoms with Crippen LogP contribution in [0.2, 0.25) is 0 Å². The highest BCUT2D eigenvalue weighted by Crippen LogP contribution is 2.18. The van der Waals surface area contributed by atoms with E-state index in [9.17, 15) is 9.90 Å². The van der Waals surface area contributed by atoms with Gasteiger partial charge in [0.2, 0.25) is 0 Å². The Balaban J connectivity index is 1.96. The predicted octanol–water partition coefficient (Wildman–Crippen LogP) is -0.152. The molecule has 88 valence electrons. The summed E-state index contributed by atoms with van der Waals surface area (Å²) < 4.78 is 1.48. The largest absolute Gasteiger partial charge is 0.391 e. The molecule has 6 nitrogen and oxygen atoms in total. The van der Waals surface area contributed by atoms with E-state index >= 15 is 0 Å². The molecule has 1 amide bonds. The minimum Gasteiger partial charge on any atom is -0.391 e. The van der Waals surface area contributed by atoms with E-state index in [4.69, 9.17) is 0 Å². The lowest BCUT2D eigenvalue weighted by molar-refractivity contribution is 0.0713. The molecule has 0 saturated heterocycles. The van der Waals surface area contributed by atoms with Gasteiger partial charge in [-0.3, -0.25) is 9.48 Å². The lowest BCUT2D eigenvalue weighted by Crippen LogP contribution is -2.45. The third-order valence-corrected chi connectivity index (χ3v) is 2.88. The van der Waals surface area contributed by atoms with Gasteiger partial charge in [0.1, 0.15) is 0 Å². The number of rotatable bonds is 2. The summed E-state index contributed by atoms with van der Waals surface area (Å²) in [6.07, 6.45) is 4.78. The summed E-state index contributed by atoms with van der Waals surface area (Å²) in [6.45, 7) is 0. The lowest BCUT2D eigenvalue weighted by Gasteiger charge is -2.27. The summed E-state index contributed by atoms with van der Waals surface area (Å²) in [5, 5.41) is 19.9. The summed E-state index contributed by atoms with van der Waals surface area (Å²) in [4.78, 5) is 11.7. The number of hydrogen-bond acceptors (Lipinski definition) is 4. The van der Waals surface area contributed by atoms with Crippen LogP contribution in [-0.4, -0.2) is 38.2 Å². The molecule has 1 heterocycles. The van der Waals surface area contributed by atoms with Crippen molar-refractivity contribution in [2.24, 2.45) is 7.05 Å². The Morgan fingerprint density at radius 1 is 1.56 bits per heavy atom. The number of carbonyl (C=O) groups excluding carboxylic acids is 1. The number of aromatic nitrogens is 3. The average Bonchev–Trinajstić information content (AvgIpc) is 2.68. The fraction of sp³-hybridized carbons (Fsp3) is 0.700. The predicted molar refractivity (Wildman–Crippen MR) is 56.7 cm³/mol. The minimum absolute atomic E-state index is 0.150. The summed E-state index contributed by atoms with van der Waals surface area (Å²) in [7, 11) is 1.71. The van der Waals surface area contributed by atoms with Crippen molar-refractivity contribution >= 4 is 5.91 Å². The van der Waals surface area contributed by atoms with Gasteiger partial charge in [0.05, 0.1) is 18.3 Å². The number of aryl methyl sites for hydroxylation is 1. The van der Waals surface area contributed by atoms with E-state index in [1.807, 2.05) is 0 Å². The molecule has 1 aliphatic carbocycles. The zero-order chi connectivity index (χ0) is 11.5. The first-order valence-corrected chi connectivity index (χ1v) is 5.52. The maximum Gasteiger partial charge on any atom is 0.273 e. The number of aliphatic hydroxyl groups excluding tert-OH is 1. The maximum absolute atomic E-state index is 11.7. The molecular weight excluding hydrogens is 208 g/mol. The highest BCUT2D eigenvalue weighted by atomic mass is 16.3. The molecule has 16 heavy (non-hydrogen) atoms. The van der Waals surface area contributed by atoms with Crippen molar-refractivity contribution in [1.29, 1.82) is 0 Å². The van der Waals surface area contributed by atoms with Gasteiger partial charge in [0, 0.05) is 7.05 Å². The van der Waals surface area contributed by atoms with Gasteiger partial charge in [-0.2, -0.15) is 0 Å². The molecule has 2 unspecified atom stereocenters. The zero-order valence-electron chi connectivity index (χ0n) is 9.26. The summed E-state index contributed by atoms with van der Waals surface area (Å²) in [5.41, 5.74) is 0.292. The molecule has 1 aromatic rings. The normalized spacial score (nSPS) is 25.4. The molecule has 0 radical (unpaired) electrons. The van der Waals surface area contributed by atoms with Crippen LogP contribution in [0.15, 0.2) is 6.20 Å². The van der Waals surface area contributed by atoms with Crippen molar-refractivity contribution in [2.45, 2.75) is 37.8 Å². The van der Waals surface area contributed by atoms with E-state index in [-0.39, 0.29) is 11.9 Å². The van der Waals surface area contributed by atoms with Crippen molar-refractivity contribution in [3.63, 3.8) is 0 Å². The number of aliphatic hydroxyl groups is 1. The second-order valence-corrected chi connectivity index (χ2v) is 4.21. The van der Waals surface area contributed by atoms with Gasteiger partial charge < -0.3 is 10.4 Å². The van der Waals surface area contributed by atoms with Crippen molar-refractivity contribution in [1.82, 2.24) is 20.3 Å². The third-order valence-electron chi connectivity index (χ3n) is 2.88. The molecule has 1 saturated carbocycles. The van der Waals surface area contributed by atoms with Crippen molar-refractivity contribution in [3.05, 3.63) is 11.9 Å². The summed E-state index contributed by atoms with van der Waals surface area (Å²) in [6, 6.07) is -0.150. The van der Waals surface area contributed by atoms with Gasteiger partial charge >= 0.3 is 0 Å². The minimum atomic E-state index is -0.436. The van der Waals surface area contributed by atoms with Crippen LogP contribution in [0.3, 0.4) is 0 Å². The molecule has 0 aliphatic heterocycles. The Kier molecular flexibility index (Phi) is 3.19. The van der Waals surface area contributed by atoms with Crippen molar-refractivity contribution < 1.29 is 9.90 Å². The molecule has 1 aromatic heterocycles. The standard InChI is InChI=1S/C10H16N4O2/c1-14-6-8(12-13-14)10(16)11-7-4-2-3-5-9(7)15/h6-7,9,15H,2-5H2,1H3,(H,11,16). The number of nitrogens with zero attached hydrogens (tertiary/aromatic N) is 3. The van der Waals surface area contributed by atoms with Crippen LogP contribution in [-0.2, 0) is 7.05 Å². The monoisotopic (exact) mass is 224 g/mol. The molecule has 2 rings (SSSR count). The Bertz CT molecular complexity index is 377. The summed E-state index contributed by atoms with van der Waals surface area (Å²) >= 11 is 0. The van der Waals surface area contributed by atoms with Crippen molar-refractivity contribution in [2.75, 3.05) is 0 Å². The van der Waals surface area contributed by atoms with Gasteiger partial charge in [0.15, 0.2) is 5.69 Å². The smallest absolute Gasteiger partial charge is 0.273 e. The fourth-order valence-corrected chi connectivity index (χ4v) is 1.97. The third kappa shape index (κ3) is 2.38. The van der Waals surface area contributed by atoms with Crippen LogP contribution in [0.1, 0.15) is 36.2 Å². The molecule has 1 aliphatic rings. The fourth-order valence-electron chi connectivity index (χ4n) is 1.97. The summed E-state index contributed by atoms with van der Waals surface area (Å²) in [5.74, 6) is -0.265. The molecule has 2 N–H and O–H groups in total. The molecule has 1 fully saturated rings. The Labute approximate surface area is 93.6 Å². The zero-order valence-corrected chi connectivity index (χ0v) is 9.26. The first kappa shape index (κ1) is 11.1. The molecule has 6 heteroatoms. The number of hydrogen-bond donors (Lipinski definition) is 2. The highest BCUT2D eigenvalue weighted by Gasteiger charge is 2.25.